The third kappa shape index (κ3) is 5.62. The largest absolute Gasteiger partial charge is 0.508 e. The summed E-state index contributed by atoms with van der Waals surface area (Å²) in [5.74, 6) is -4.86. The predicted molar refractivity (Wildman–Crippen MR) is 134 cm³/mol. The second-order valence-electron chi connectivity index (χ2n) is 8.80. The number of carbonyl (C=O) groups excluding carboxylic acids is 2. The number of ketones is 1. The number of carboxylic acids is 1. The van der Waals surface area contributed by atoms with Gasteiger partial charge in [0, 0.05) is 24.2 Å². The Balaban J connectivity index is 1.58. The van der Waals surface area contributed by atoms with Crippen molar-refractivity contribution in [3.05, 3.63) is 76.9 Å². The maximum absolute atomic E-state index is 13.1. The van der Waals surface area contributed by atoms with E-state index in [4.69, 9.17) is 4.74 Å². The number of amides is 1. The van der Waals surface area contributed by atoms with Gasteiger partial charge < -0.3 is 40.9 Å². The van der Waals surface area contributed by atoms with Gasteiger partial charge in [0.15, 0.2) is 0 Å². The minimum absolute atomic E-state index is 0.0167. The predicted octanol–water partition coefficient (Wildman–Crippen LogP) is 2.37. The van der Waals surface area contributed by atoms with Crippen LogP contribution in [-0.4, -0.2) is 68.4 Å². The van der Waals surface area contributed by atoms with Gasteiger partial charge in [-0.1, -0.05) is 6.07 Å². The van der Waals surface area contributed by atoms with Crippen LogP contribution >= 0.6 is 0 Å². The minimum atomic E-state index is -1.47. The fourth-order valence-electron chi connectivity index (χ4n) is 4.31. The van der Waals surface area contributed by atoms with E-state index < -0.39 is 57.8 Å². The van der Waals surface area contributed by atoms with Crippen LogP contribution in [0.3, 0.4) is 0 Å². The van der Waals surface area contributed by atoms with Crippen LogP contribution in [0, 0.1) is 0 Å². The van der Waals surface area contributed by atoms with Crippen LogP contribution in [0.4, 0.5) is 0 Å². The fourth-order valence-corrected chi connectivity index (χ4v) is 4.31. The molecule has 3 aromatic rings. The summed E-state index contributed by atoms with van der Waals surface area (Å²) in [6.07, 6.45) is 0.675. The van der Waals surface area contributed by atoms with Crippen LogP contribution in [0.1, 0.15) is 49.5 Å². The average Bonchev–Trinajstić information content (AvgIpc) is 3.08. The van der Waals surface area contributed by atoms with Gasteiger partial charge in [-0.2, -0.15) is 0 Å². The molecular weight excluding hydrogens is 496 g/mol. The van der Waals surface area contributed by atoms with E-state index in [2.05, 4.69) is 10.6 Å². The molecule has 4 rings (SSSR count). The van der Waals surface area contributed by atoms with Crippen molar-refractivity contribution in [2.45, 2.75) is 25.0 Å². The zero-order chi connectivity index (χ0) is 27.4. The molecule has 1 heterocycles. The Kier molecular flexibility index (Phi) is 7.68. The van der Waals surface area contributed by atoms with Gasteiger partial charge in [-0.25, -0.2) is 4.79 Å². The molecule has 3 aromatic carbocycles. The Bertz CT molecular complexity index is 1350. The first-order valence-corrected chi connectivity index (χ1v) is 11.8. The highest BCUT2D eigenvalue weighted by atomic mass is 16.5. The molecule has 0 aromatic heterocycles. The molecule has 11 heteroatoms. The van der Waals surface area contributed by atoms with Crippen LogP contribution in [0.2, 0.25) is 0 Å². The molecule has 198 valence electrons. The Labute approximate surface area is 216 Å². The summed E-state index contributed by atoms with van der Waals surface area (Å²) in [7, 11) is 0. The summed E-state index contributed by atoms with van der Waals surface area (Å²) in [6.45, 7) is 1.07. The molecule has 1 saturated heterocycles. The third-order valence-corrected chi connectivity index (χ3v) is 6.19. The van der Waals surface area contributed by atoms with E-state index in [0.29, 0.717) is 25.1 Å². The molecule has 11 nitrogen and oxygen atoms in total. The molecule has 7 N–H and O–H groups in total. The number of aromatic carboxylic acids is 1. The molecule has 0 saturated carbocycles. The zero-order valence-electron chi connectivity index (χ0n) is 20.0. The quantitative estimate of drug-likeness (QED) is 0.227. The molecule has 0 radical (unpaired) electrons. The molecular formula is C27H26N2O9. The molecule has 0 aliphatic carbocycles. The van der Waals surface area contributed by atoms with Crippen molar-refractivity contribution >= 4 is 17.7 Å². The molecule has 1 amide bonds. The first kappa shape index (κ1) is 26.3. The van der Waals surface area contributed by atoms with E-state index in [1.807, 2.05) is 0 Å². The lowest BCUT2D eigenvalue weighted by molar-refractivity contribution is 0.0691. The van der Waals surface area contributed by atoms with Crippen LogP contribution in [0.5, 0.6) is 28.7 Å². The zero-order valence-corrected chi connectivity index (χ0v) is 20.0. The SMILES string of the molecule is O=C(N[C@@H]1CNCCC[C@H]1Oc1cc(O)c(C(=O)c2c(O)cccc2C(=O)O)c(O)c1)c1ccc(O)cc1. The van der Waals surface area contributed by atoms with Crippen LogP contribution in [-0.2, 0) is 0 Å². The minimum Gasteiger partial charge on any atom is -0.508 e. The average molecular weight is 523 g/mol. The van der Waals surface area contributed by atoms with Gasteiger partial charge in [-0.3, -0.25) is 9.59 Å². The van der Waals surface area contributed by atoms with Crippen molar-refractivity contribution in [2.24, 2.45) is 0 Å². The Hall–Kier alpha value is -4.77. The lowest BCUT2D eigenvalue weighted by Crippen LogP contribution is -2.49. The first-order chi connectivity index (χ1) is 18.2. The maximum atomic E-state index is 13.1. The van der Waals surface area contributed by atoms with Gasteiger partial charge >= 0.3 is 5.97 Å². The van der Waals surface area contributed by atoms with Crippen LogP contribution in [0.25, 0.3) is 0 Å². The molecule has 0 bridgehead atoms. The monoisotopic (exact) mass is 522 g/mol. The Morgan fingerprint density at radius 2 is 1.58 bits per heavy atom. The third-order valence-electron chi connectivity index (χ3n) is 6.19. The number of aromatic hydroxyl groups is 4. The number of hydrogen-bond donors (Lipinski definition) is 7. The summed E-state index contributed by atoms with van der Waals surface area (Å²) in [4.78, 5) is 37.3. The van der Waals surface area contributed by atoms with Crippen molar-refractivity contribution in [3.8, 4) is 28.7 Å². The topological polar surface area (TPSA) is 186 Å². The standard InChI is InChI=1S/C27H26N2O9/c30-15-8-6-14(7-9-15)26(35)29-18-13-28-10-2-5-22(18)38-16-11-20(32)24(21(33)12-16)25(34)23-17(27(36)37)3-1-4-19(23)31/h1,3-4,6-9,11-12,18,22,28,30-33H,2,5,10,13H2,(H,29,35)(H,36,37)/t18-,22-/m1/s1. The number of carbonyl (C=O) groups is 3. The molecule has 1 aliphatic rings. The van der Waals surface area contributed by atoms with E-state index in [9.17, 15) is 39.9 Å². The molecule has 38 heavy (non-hydrogen) atoms. The summed E-state index contributed by atoms with van der Waals surface area (Å²) >= 11 is 0. The Morgan fingerprint density at radius 1 is 0.895 bits per heavy atom. The number of phenolic OH excluding ortho intramolecular Hbond substituents is 4. The fraction of sp³-hybridized carbons (Fsp3) is 0.222. The number of rotatable bonds is 7. The van der Waals surface area contributed by atoms with Crippen molar-refractivity contribution in [2.75, 3.05) is 13.1 Å². The van der Waals surface area contributed by atoms with E-state index in [1.165, 1.54) is 30.3 Å². The highest BCUT2D eigenvalue weighted by Gasteiger charge is 2.30. The normalized spacial score (nSPS) is 17.3. The summed E-state index contributed by atoms with van der Waals surface area (Å²) in [6, 6.07) is 11.0. The van der Waals surface area contributed by atoms with E-state index in [0.717, 1.165) is 30.7 Å². The highest BCUT2D eigenvalue weighted by Crippen LogP contribution is 2.37. The second-order valence-corrected chi connectivity index (χ2v) is 8.80. The smallest absolute Gasteiger partial charge is 0.336 e. The van der Waals surface area contributed by atoms with Gasteiger partial charge in [0.1, 0.15) is 40.4 Å². The summed E-state index contributed by atoms with van der Waals surface area (Å²) < 4.78 is 6.02. The number of phenols is 4. The first-order valence-electron chi connectivity index (χ1n) is 11.8. The highest BCUT2D eigenvalue weighted by molar-refractivity contribution is 6.18. The second kappa shape index (κ2) is 11.1. The van der Waals surface area contributed by atoms with Crippen LogP contribution in [0.15, 0.2) is 54.6 Å². The maximum Gasteiger partial charge on any atom is 0.336 e. The lowest BCUT2D eigenvalue weighted by Gasteiger charge is -2.27. The van der Waals surface area contributed by atoms with Crippen molar-refractivity contribution in [1.29, 1.82) is 0 Å². The van der Waals surface area contributed by atoms with Crippen LogP contribution < -0.4 is 15.4 Å². The van der Waals surface area contributed by atoms with Gasteiger partial charge in [0.05, 0.1) is 17.2 Å². The van der Waals surface area contributed by atoms with Gasteiger partial charge in [0.2, 0.25) is 5.78 Å². The molecule has 0 unspecified atom stereocenters. The molecule has 0 spiro atoms. The van der Waals surface area contributed by atoms with Gasteiger partial charge in [-0.05, 0) is 55.8 Å². The van der Waals surface area contributed by atoms with E-state index >= 15 is 0 Å². The van der Waals surface area contributed by atoms with Crippen molar-refractivity contribution in [1.82, 2.24) is 10.6 Å². The van der Waals surface area contributed by atoms with E-state index in [1.54, 1.807) is 0 Å². The number of benzene rings is 3. The number of carboxylic acid groups (broad SMARTS) is 1. The number of ether oxygens (including phenoxy) is 1. The summed E-state index contributed by atoms with van der Waals surface area (Å²) in [5, 5.41) is 56.3. The molecule has 1 fully saturated rings. The van der Waals surface area contributed by atoms with Gasteiger partial charge in [0.25, 0.3) is 5.91 Å². The lowest BCUT2D eigenvalue weighted by atomic mass is 9.96. The van der Waals surface area contributed by atoms with Crippen molar-refractivity contribution < 1.29 is 44.7 Å². The number of hydrogen-bond acceptors (Lipinski definition) is 9. The summed E-state index contributed by atoms with van der Waals surface area (Å²) in [5.41, 5.74) is -1.33. The molecule has 2 atom stereocenters. The van der Waals surface area contributed by atoms with Crippen molar-refractivity contribution in [3.63, 3.8) is 0 Å². The molecule has 1 aliphatic heterocycles. The van der Waals surface area contributed by atoms with E-state index in [-0.39, 0.29) is 17.4 Å². The van der Waals surface area contributed by atoms with Gasteiger partial charge in [-0.15, -0.1) is 0 Å². The Morgan fingerprint density at radius 3 is 2.24 bits per heavy atom. The number of nitrogens with one attached hydrogen (secondary N) is 2.